The van der Waals surface area contributed by atoms with Gasteiger partial charge in [0.2, 0.25) is 0 Å². The van der Waals surface area contributed by atoms with Gasteiger partial charge in [-0.1, -0.05) is 0 Å². The Bertz CT molecular complexity index is 4340. The molecule has 0 N–H and O–H groups in total. The average Bonchev–Trinajstić information content (AvgIpc) is 1.63. The van der Waals surface area contributed by atoms with E-state index >= 15 is 0 Å². The van der Waals surface area contributed by atoms with Crippen LogP contribution >= 0.6 is 0 Å². The Balaban J connectivity index is 1.00. The second kappa shape index (κ2) is 20.4. The molecular formula is C70H68N14Pt2. The molecule has 14 nitrogen and oxygen atoms in total. The first-order valence-corrected chi connectivity index (χ1v) is 32.4. The standard InChI is InChI=1S/C70H68N14.2Pt/c1-71(2)51-33-55(79-45-75(9)63-21-13-17-25-67(63)79)41-59(37-51)83(60-38-52(72(3)4)34-56(42-60)80-46-76(10)64-22-14-18-26-68(64)80)49-29-31-50(32-30-49)84(61-39-53(73(5)6)35-57(43-61)81-47-77(11)65-23-15-19-27-69(65)81)62-40-54(74(7)8)36-58(44-62)82-48-78(12)66-24-16-20-28-70(66)82;;/h13-44H,1-12H3;;/i9D3,10D3,11D3,12D3;;. The van der Waals surface area contributed by atoms with Crippen LogP contribution in [0.1, 0.15) is 16.4 Å². The van der Waals surface area contributed by atoms with E-state index in [0.29, 0.717) is 84.8 Å². The number of benzene rings is 9. The molecule has 0 unspecified atom stereocenters. The van der Waals surface area contributed by atoms with Crippen molar-refractivity contribution in [1.29, 1.82) is 0 Å². The van der Waals surface area contributed by atoms with Crippen LogP contribution < -0.4 is 68.6 Å². The second-order valence-electron chi connectivity index (χ2n) is 22.4. The van der Waals surface area contributed by atoms with Gasteiger partial charge in [-0.25, -0.2) is 0 Å². The van der Waals surface area contributed by atoms with Gasteiger partial charge >= 0.3 is 540 Å². The molecule has 0 saturated carbocycles. The Hall–Kier alpha value is -8.96. The van der Waals surface area contributed by atoms with Crippen molar-refractivity contribution in [2.45, 2.75) is 0 Å². The molecule has 438 valence electrons. The zero-order chi connectivity index (χ0) is 69.1. The molecule has 0 aromatic heterocycles. The third kappa shape index (κ3) is 8.42. The first-order valence-electron chi connectivity index (χ1n) is 33.9. The van der Waals surface area contributed by atoms with E-state index in [2.05, 4.69) is 82.6 Å². The van der Waals surface area contributed by atoms with Gasteiger partial charge < -0.3 is 0 Å². The zero-order valence-corrected chi connectivity index (χ0v) is 52.9. The van der Waals surface area contributed by atoms with Gasteiger partial charge in [-0.15, -0.1) is 0 Å². The molecule has 9 aromatic rings. The van der Waals surface area contributed by atoms with Crippen molar-refractivity contribution in [2.75, 3.05) is 153 Å². The number of anilines is 22. The first-order chi connectivity index (χ1) is 46.4. The van der Waals surface area contributed by atoms with Crippen LogP contribution in [0.15, 0.2) is 194 Å². The SMILES string of the molecule is [2H]C([2H])([2H])N1[C]2=[Pt]=[C]3N(c4cc(N(C)C)cc(c4)N(c4ccc(N5c6cc(N(C)C)cc(c6)N6[C](=[Pt]=[C]7N(c8cc(N(C)C)cc5c8)c5ccccc5N7C([2H])([2H])[2H])N(C([2H])([2H])[2H])c5ccccc56)cc4)c4cc(N(C)C)cc(c4)N2c2ccccc21)c1ccccc1N3C([2H])([2H])[2H]. The van der Waals surface area contributed by atoms with Crippen LogP contribution in [-0.4, -0.2) is 101 Å². The van der Waals surface area contributed by atoms with E-state index in [1.807, 2.05) is 217 Å². The minimum absolute atomic E-state index is 0.446. The van der Waals surface area contributed by atoms with E-state index in [-0.39, 0.29) is 0 Å². The van der Waals surface area contributed by atoms with Gasteiger partial charge in [-0.05, 0) is 0 Å². The molecule has 0 spiro atoms. The quantitative estimate of drug-likeness (QED) is 0.159. The normalized spacial score (nSPS) is 18.1. The molecule has 6 aliphatic rings. The molecule has 6 aliphatic heterocycles. The fourth-order valence-corrected chi connectivity index (χ4v) is 18.2. The summed E-state index contributed by atoms with van der Waals surface area (Å²) in [5.74, 6) is 0. The van der Waals surface area contributed by atoms with E-state index in [1.165, 1.54) is 19.6 Å². The van der Waals surface area contributed by atoms with Gasteiger partial charge in [0.25, 0.3) is 0 Å². The number of hydrogen-bond donors (Lipinski definition) is 0. The predicted octanol–water partition coefficient (Wildman–Crippen LogP) is 13.8. The Morgan fingerprint density at radius 3 is 0.640 bits per heavy atom. The van der Waals surface area contributed by atoms with Crippen molar-refractivity contribution in [3.05, 3.63) is 194 Å². The third-order valence-corrected chi connectivity index (χ3v) is 22.2. The van der Waals surface area contributed by atoms with Crippen molar-refractivity contribution in [2.24, 2.45) is 0 Å². The maximum atomic E-state index is 9.25. The number of rotatable bonds is 6. The minimum atomic E-state index is -2.69. The van der Waals surface area contributed by atoms with Crippen LogP contribution in [0.5, 0.6) is 0 Å². The fraction of sp³-hybridized carbons (Fsp3) is 0.171. The van der Waals surface area contributed by atoms with Crippen molar-refractivity contribution < 1.29 is 51.7 Å². The van der Waals surface area contributed by atoms with Crippen molar-refractivity contribution in [1.82, 2.24) is 0 Å². The van der Waals surface area contributed by atoms with Crippen molar-refractivity contribution in [3.8, 4) is 0 Å². The molecule has 9 aromatic carbocycles. The molecule has 0 fully saturated rings. The molecule has 0 saturated heterocycles. The second-order valence-corrected chi connectivity index (χ2v) is 27.6. The molecular weight excluding hydrogens is 1430 g/mol. The maximum absolute atomic E-state index is 9.25. The number of fused-ring (bicyclic) bond motifs is 24. The van der Waals surface area contributed by atoms with Crippen LogP contribution in [0.3, 0.4) is 0 Å². The molecule has 0 amide bonds. The van der Waals surface area contributed by atoms with E-state index in [1.54, 1.807) is 0 Å². The van der Waals surface area contributed by atoms with E-state index < -0.39 is 63.2 Å². The number of para-hydroxylation sites is 8. The summed E-state index contributed by atoms with van der Waals surface area (Å²) in [4.78, 5) is 26.2. The van der Waals surface area contributed by atoms with Crippen LogP contribution in [0.2, 0.25) is 0 Å². The predicted molar refractivity (Wildman–Crippen MR) is 361 cm³/mol. The summed E-state index contributed by atoms with van der Waals surface area (Å²) in [5.41, 5.74) is 14.8. The Labute approximate surface area is 537 Å². The fourth-order valence-electron chi connectivity index (χ4n) is 11.9. The molecule has 86 heavy (non-hydrogen) atoms. The van der Waals surface area contributed by atoms with E-state index in [9.17, 15) is 16.4 Å². The molecule has 6 heterocycles. The topological polar surface area (TPSA) is 45.4 Å². The van der Waals surface area contributed by atoms with Gasteiger partial charge in [0.15, 0.2) is 0 Å². The molecule has 0 aliphatic carbocycles. The van der Waals surface area contributed by atoms with Gasteiger partial charge in [0, 0.05) is 0 Å². The summed E-state index contributed by atoms with van der Waals surface area (Å²) in [6, 6.07) is 63.1. The molecule has 16 heteroatoms. The monoisotopic (exact) mass is 1510 g/mol. The Morgan fingerprint density at radius 1 is 0.244 bits per heavy atom. The summed E-state index contributed by atoms with van der Waals surface area (Å²) in [6.45, 7) is -10.8. The average molecular weight is 1510 g/mol. The van der Waals surface area contributed by atoms with Crippen LogP contribution in [0, 0.1) is 0 Å². The van der Waals surface area contributed by atoms with Crippen molar-refractivity contribution in [3.63, 3.8) is 0 Å². The van der Waals surface area contributed by atoms with Gasteiger partial charge in [0.05, 0.1) is 0 Å². The molecule has 0 radical (unpaired) electrons. The van der Waals surface area contributed by atoms with Crippen molar-refractivity contribution >= 4 is 142 Å². The van der Waals surface area contributed by atoms with E-state index in [0.717, 1.165) is 56.9 Å². The Kier molecular flexibility index (Phi) is 9.93. The van der Waals surface area contributed by atoms with Crippen LogP contribution in [0.4, 0.5) is 125 Å². The summed E-state index contributed by atoms with van der Waals surface area (Å²) in [7, 11) is 15.8. The number of hydrogen-bond acceptors (Lipinski definition) is 14. The van der Waals surface area contributed by atoms with E-state index in [4.69, 9.17) is 0 Å². The third-order valence-electron chi connectivity index (χ3n) is 16.1. The Morgan fingerprint density at radius 2 is 0.442 bits per heavy atom. The number of nitrogens with zero attached hydrogens (tertiary/aromatic N) is 14. The first kappa shape index (κ1) is 42.0. The van der Waals surface area contributed by atoms with Gasteiger partial charge in [-0.3, -0.25) is 0 Å². The summed E-state index contributed by atoms with van der Waals surface area (Å²) in [5, 5.41) is 0. The van der Waals surface area contributed by atoms with Gasteiger partial charge in [0.1, 0.15) is 0 Å². The summed E-state index contributed by atoms with van der Waals surface area (Å²) >= 11 is -3.47. The van der Waals surface area contributed by atoms with Gasteiger partial charge in [-0.2, -0.15) is 0 Å². The summed E-state index contributed by atoms with van der Waals surface area (Å²) in [6.07, 6.45) is 0. The van der Waals surface area contributed by atoms with Crippen LogP contribution in [-0.2, 0) is 35.3 Å². The zero-order valence-electron chi connectivity index (χ0n) is 60.4. The molecule has 15 rings (SSSR count). The molecule has 0 atom stereocenters. The van der Waals surface area contributed by atoms with Crippen LogP contribution in [0.25, 0.3) is 0 Å². The molecule has 8 bridgehead atoms. The summed E-state index contributed by atoms with van der Waals surface area (Å²) < 4.78 is 113.